The number of hydrogen-bond donors (Lipinski definition) is 1. The van der Waals surface area contributed by atoms with Crippen LogP contribution in [0.3, 0.4) is 0 Å². The number of ether oxygens (including phenoxy) is 1. The lowest BCUT2D eigenvalue weighted by molar-refractivity contribution is -0.116. The predicted octanol–water partition coefficient (Wildman–Crippen LogP) is 2.21. The zero-order valence-electron chi connectivity index (χ0n) is 15.4. The zero-order chi connectivity index (χ0) is 18.8. The summed E-state index contributed by atoms with van der Waals surface area (Å²) in [5.74, 6) is 0.285. The topological polar surface area (TPSA) is 80.2 Å². The maximum Gasteiger partial charge on any atom is 0.344 e. The van der Waals surface area contributed by atoms with Crippen molar-refractivity contribution in [1.82, 2.24) is 14.8 Å². The molecule has 0 spiro atoms. The van der Waals surface area contributed by atoms with Gasteiger partial charge < -0.3 is 9.64 Å². The molecular weight excluding hydrogens is 364 g/mol. The fraction of sp³-hybridized carbons (Fsp3) is 0.526. The number of aromatic amines is 1. The Morgan fingerprint density at radius 3 is 3.04 bits per heavy atom. The number of nitrogens with zero attached hydrogens (tertiary/aromatic N) is 3. The average Bonchev–Trinajstić information content (AvgIpc) is 3.31. The third kappa shape index (κ3) is 3.82. The smallest absolute Gasteiger partial charge is 0.344 e. The molecule has 0 saturated carbocycles. The summed E-state index contributed by atoms with van der Waals surface area (Å²) in [7, 11) is 0. The summed E-state index contributed by atoms with van der Waals surface area (Å²) >= 11 is 1.30. The van der Waals surface area contributed by atoms with Crippen LogP contribution >= 0.6 is 11.8 Å². The summed E-state index contributed by atoms with van der Waals surface area (Å²) in [5, 5.41) is 7.14. The number of fused-ring (bicyclic) bond motifs is 1. The fourth-order valence-electron chi connectivity index (χ4n) is 3.83. The lowest BCUT2D eigenvalue weighted by atomic mass is 9.97. The molecule has 1 aromatic heterocycles. The van der Waals surface area contributed by atoms with Crippen LogP contribution in [0.25, 0.3) is 0 Å². The maximum atomic E-state index is 13.0. The molecule has 0 aliphatic carbocycles. The highest BCUT2D eigenvalue weighted by molar-refractivity contribution is 7.99. The van der Waals surface area contributed by atoms with Gasteiger partial charge in [0.2, 0.25) is 5.91 Å². The van der Waals surface area contributed by atoms with Crippen LogP contribution < -0.4 is 10.6 Å². The minimum Gasteiger partial charge on any atom is -0.376 e. The number of aromatic nitrogens is 3. The van der Waals surface area contributed by atoms with E-state index in [1.54, 1.807) is 4.57 Å². The molecule has 1 fully saturated rings. The number of para-hydroxylation sites is 1. The summed E-state index contributed by atoms with van der Waals surface area (Å²) in [5.41, 5.74) is 1.96. The van der Waals surface area contributed by atoms with Crippen LogP contribution in [0.2, 0.25) is 0 Å². The summed E-state index contributed by atoms with van der Waals surface area (Å²) in [6, 6.07) is 8.25. The number of H-pyrrole nitrogens is 1. The first-order valence-electron chi connectivity index (χ1n) is 9.43. The Balaban J connectivity index is 1.46. The Morgan fingerprint density at radius 2 is 2.22 bits per heavy atom. The molecule has 2 atom stereocenters. The molecular formula is C19H24N4O3S. The normalized spacial score (nSPS) is 22.0. The number of benzene rings is 1. The average molecular weight is 388 g/mol. The molecule has 1 aromatic carbocycles. The van der Waals surface area contributed by atoms with Gasteiger partial charge in [-0.1, -0.05) is 30.0 Å². The van der Waals surface area contributed by atoms with E-state index >= 15 is 0 Å². The molecule has 27 heavy (non-hydrogen) atoms. The minimum absolute atomic E-state index is 0.0405. The second kappa shape index (κ2) is 7.90. The third-order valence-corrected chi connectivity index (χ3v) is 6.21. The zero-order valence-corrected chi connectivity index (χ0v) is 16.2. The molecule has 1 amide bonds. The highest BCUT2D eigenvalue weighted by Crippen LogP contribution is 2.31. The van der Waals surface area contributed by atoms with Gasteiger partial charge in [0, 0.05) is 18.3 Å². The number of hydrogen-bond acceptors (Lipinski definition) is 5. The van der Waals surface area contributed by atoms with Crippen LogP contribution in [0.5, 0.6) is 0 Å². The van der Waals surface area contributed by atoms with Gasteiger partial charge in [-0.25, -0.2) is 9.89 Å². The van der Waals surface area contributed by atoms with Crippen LogP contribution in [-0.2, 0) is 22.5 Å². The predicted molar refractivity (Wildman–Crippen MR) is 104 cm³/mol. The van der Waals surface area contributed by atoms with Crippen molar-refractivity contribution in [3.63, 3.8) is 0 Å². The van der Waals surface area contributed by atoms with Gasteiger partial charge in [0.25, 0.3) is 0 Å². The first-order chi connectivity index (χ1) is 13.1. The molecule has 7 nitrogen and oxygen atoms in total. The van der Waals surface area contributed by atoms with Crippen molar-refractivity contribution in [3.05, 3.63) is 40.3 Å². The molecule has 3 heterocycles. The number of carbonyl (C=O) groups excluding carboxylic acids is 1. The molecule has 0 radical (unpaired) electrons. The summed E-state index contributed by atoms with van der Waals surface area (Å²) < 4.78 is 7.21. The first-order valence-corrected chi connectivity index (χ1v) is 10.4. The van der Waals surface area contributed by atoms with E-state index < -0.39 is 0 Å². The molecule has 1 saturated heterocycles. The number of aryl methyl sites for hydroxylation is 1. The molecule has 1 N–H and O–H groups in total. The first kappa shape index (κ1) is 18.3. The van der Waals surface area contributed by atoms with Gasteiger partial charge in [0.1, 0.15) is 0 Å². The highest BCUT2D eigenvalue weighted by atomic mass is 32.2. The molecule has 2 aromatic rings. The van der Waals surface area contributed by atoms with Gasteiger partial charge >= 0.3 is 5.69 Å². The largest absolute Gasteiger partial charge is 0.376 e. The Morgan fingerprint density at radius 1 is 1.37 bits per heavy atom. The second-order valence-corrected chi connectivity index (χ2v) is 8.07. The lowest BCUT2D eigenvalue weighted by Crippen LogP contribution is -2.43. The van der Waals surface area contributed by atoms with E-state index in [4.69, 9.17) is 4.74 Å². The van der Waals surface area contributed by atoms with Crippen LogP contribution in [0.4, 0.5) is 5.69 Å². The standard InChI is InChI=1S/C19H24N4O3S/c1-13-8-9-14-5-2-3-7-16(14)23(13)17(24)12-27-19-21-20-18(25)22(19)11-15-6-4-10-26-15/h2-3,5,7,13,15H,4,6,8-12H2,1H3,(H,20,25)/t13-,15-/m0/s1. The van der Waals surface area contributed by atoms with Crippen molar-refractivity contribution in [3.8, 4) is 0 Å². The van der Waals surface area contributed by atoms with Crippen molar-refractivity contribution in [2.75, 3.05) is 17.3 Å². The van der Waals surface area contributed by atoms with Gasteiger partial charge in [-0.2, -0.15) is 0 Å². The SMILES string of the molecule is C[C@H]1CCc2ccccc2N1C(=O)CSc1n[nH]c(=O)n1C[C@@H]1CCCO1. The van der Waals surface area contributed by atoms with Crippen molar-refractivity contribution in [2.45, 2.75) is 56.5 Å². The number of anilines is 1. The van der Waals surface area contributed by atoms with E-state index in [-0.39, 0.29) is 29.5 Å². The number of rotatable bonds is 5. The van der Waals surface area contributed by atoms with E-state index in [2.05, 4.69) is 23.2 Å². The Bertz CT molecular complexity index is 872. The highest BCUT2D eigenvalue weighted by Gasteiger charge is 2.28. The van der Waals surface area contributed by atoms with E-state index in [0.717, 1.165) is 38.0 Å². The Labute approximate surface area is 162 Å². The second-order valence-electron chi connectivity index (χ2n) is 7.13. The van der Waals surface area contributed by atoms with Crippen LogP contribution in [0.15, 0.2) is 34.2 Å². The van der Waals surface area contributed by atoms with E-state index in [1.165, 1.54) is 17.3 Å². The molecule has 0 bridgehead atoms. The van der Waals surface area contributed by atoms with Gasteiger partial charge in [0.15, 0.2) is 5.16 Å². The number of nitrogens with one attached hydrogen (secondary N) is 1. The molecule has 2 aliphatic heterocycles. The monoisotopic (exact) mass is 388 g/mol. The molecule has 2 aliphatic rings. The quantitative estimate of drug-likeness (QED) is 0.795. The van der Waals surface area contributed by atoms with E-state index in [0.29, 0.717) is 11.7 Å². The van der Waals surface area contributed by atoms with Crippen molar-refractivity contribution < 1.29 is 9.53 Å². The van der Waals surface area contributed by atoms with Crippen LogP contribution in [0, 0.1) is 0 Å². The van der Waals surface area contributed by atoms with E-state index in [9.17, 15) is 9.59 Å². The number of thioether (sulfide) groups is 1. The third-order valence-electron chi connectivity index (χ3n) is 5.25. The number of carbonyl (C=O) groups is 1. The van der Waals surface area contributed by atoms with Crippen LogP contribution in [-0.4, -0.2) is 45.2 Å². The molecule has 144 valence electrons. The van der Waals surface area contributed by atoms with Crippen molar-refractivity contribution in [2.24, 2.45) is 0 Å². The summed E-state index contributed by atoms with van der Waals surface area (Å²) in [6.45, 7) is 3.31. The molecule has 4 rings (SSSR count). The minimum atomic E-state index is -0.253. The fourth-order valence-corrected chi connectivity index (χ4v) is 4.65. The van der Waals surface area contributed by atoms with Crippen molar-refractivity contribution in [1.29, 1.82) is 0 Å². The molecule has 8 heteroatoms. The number of amides is 1. The summed E-state index contributed by atoms with van der Waals surface area (Å²) in [4.78, 5) is 26.9. The van der Waals surface area contributed by atoms with Gasteiger partial charge in [-0.3, -0.25) is 9.36 Å². The van der Waals surface area contributed by atoms with Gasteiger partial charge in [-0.15, -0.1) is 5.10 Å². The lowest BCUT2D eigenvalue weighted by Gasteiger charge is -2.35. The summed E-state index contributed by atoms with van der Waals surface area (Å²) in [6.07, 6.45) is 3.96. The van der Waals surface area contributed by atoms with Gasteiger partial charge in [0.05, 0.1) is 18.4 Å². The Kier molecular flexibility index (Phi) is 5.36. The van der Waals surface area contributed by atoms with Gasteiger partial charge in [-0.05, 0) is 44.2 Å². The van der Waals surface area contributed by atoms with Crippen molar-refractivity contribution >= 4 is 23.4 Å². The Hall–Kier alpha value is -2.06. The molecule has 0 unspecified atom stereocenters. The maximum absolute atomic E-state index is 13.0. The van der Waals surface area contributed by atoms with E-state index in [1.807, 2.05) is 23.1 Å². The van der Waals surface area contributed by atoms with Crippen LogP contribution in [0.1, 0.15) is 31.7 Å².